The summed E-state index contributed by atoms with van der Waals surface area (Å²) < 4.78 is 1.54. The largest absolute Gasteiger partial charge is 0.507 e. The SMILES string of the molecule is C[C@H]1CCN(c2cc(-c3ccccc3O)nnc2N)CCN1c1ccnc(C#CCNC(=O)c2cc3ncccn3n2)n1. The van der Waals surface area contributed by atoms with E-state index >= 15 is 0 Å². The van der Waals surface area contributed by atoms with E-state index in [1.54, 1.807) is 53.4 Å². The second-order valence-electron chi connectivity index (χ2n) is 10.0. The molecule has 1 atom stereocenters. The summed E-state index contributed by atoms with van der Waals surface area (Å²) in [6.07, 6.45) is 5.91. The van der Waals surface area contributed by atoms with Crippen molar-refractivity contribution in [3.05, 3.63) is 78.6 Å². The second-order valence-corrected chi connectivity index (χ2v) is 10.0. The Morgan fingerprint density at radius 3 is 2.84 bits per heavy atom. The van der Waals surface area contributed by atoms with Crippen molar-refractivity contribution in [3.63, 3.8) is 0 Å². The molecule has 43 heavy (non-hydrogen) atoms. The molecule has 0 aliphatic carbocycles. The average Bonchev–Trinajstić information content (AvgIpc) is 3.37. The van der Waals surface area contributed by atoms with Gasteiger partial charge in [-0.2, -0.15) is 5.10 Å². The predicted octanol–water partition coefficient (Wildman–Crippen LogP) is 2.15. The van der Waals surface area contributed by atoms with Crippen LogP contribution in [0, 0.1) is 11.8 Å². The van der Waals surface area contributed by atoms with Crippen LogP contribution in [0.1, 0.15) is 29.7 Å². The van der Waals surface area contributed by atoms with E-state index in [1.165, 1.54) is 0 Å². The minimum Gasteiger partial charge on any atom is -0.507 e. The van der Waals surface area contributed by atoms with Crippen LogP contribution < -0.4 is 20.9 Å². The Morgan fingerprint density at radius 1 is 1.09 bits per heavy atom. The van der Waals surface area contributed by atoms with Crippen LogP contribution in [0.25, 0.3) is 16.9 Å². The van der Waals surface area contributed by atoms with Crippen LogP contribution in [0.5, 0.6) is 5.75 Å². The van der Waals surface area contributed by atoms with Crippen molar-refractivity contribution in [1.29, 1.82) is 0 Å². The molecule has 0 radical (unpaired) electrons. The number of hydrogen-bond donors (Lipinski definition) is 3. The molecule has 13 heteroatoms. The van der Waals surface area contributed by atoms with Crippen molar-refractivity contribution in [2.45, 2.75) is 19.4 Å². The van der Waals surface area contributed by atoms with Crippen LogP contribution >= 0.6 is 0 Å². The molecule has 1 aromatic carbocycles. The van der Waals surface area contributed by atoms with E-state index in [0.717, 1.165) is 24.5 Å². The molecule has 1 fully saturated rings. The maximum Gasteiger partial charge on any atom is 0.272 e. The maximum atomic E-state index is 12.5. The lowest BCUT2D eigenvalue weighted by molar-refractivity contribution is 0.0953. The van der Waals surface area contributed by atoms with Crippen LogP contribution in [-0.4, -0.2) is 78.0 Å². The Labute approximate surface area is 247 Å². The molecule has 0 bridgehead atoms. The minimum absolute atomic E-state index is 0.118. The van der Waals surface area contributed by atoms with Crippen molar-refractivity contribution < 1.29 is 9.90 Å². The van der Waals surface area contributed by atoms with Crippen molar-refractivity contribution in [1.82, 2.24) is 40.1 Å². The molecule has 5 aromatic rings. The number of para-hydroxylation sites is 1. The van der Waals surface area contributed by atoms with Crippen LogP contribution in [0.2, 0.25) is 0 Å². The quantitative estimate of drug-likeness (QED) is 0.263. The van der Waals surface area contributed by atoms with E-state index in [0.29, 0.717) is 41.6 Å². The number of carbonyl (C=O) groups is 1. The smallest absolute Gasteiger partial charge is 0.272 e. The molecule has 0 spiro atoms. The number of aromatic nitrogens is 7. The number of anilines is 3. The highest BCUT2D eigenvalue weighted by atomic mass is 16.3. The molecule has 1 saturated heterocycles. The first-order valence-electron chi connectivity index (χ1n) is 13.8. The fraction of sp³-hybridized carbons (Fsp3) is 0.233. The van der Waals surface area contributed by atoms with E-state index in [1.807, 2.05) is 18.2 Å². The van der Waals surface area contributed by atoms with Gasteiger partial charge in [0.05, 0.1) is 17.9 Å². The van der Waals surface area contributed by atoms with Gasteiger partial charge < -0.3 is 26.0 Å². The Bertz CT molecular complexity index is 1810. The highest BCUT2D eigenvalue weighted by Crippen LogP contribution is 2.32. The third-order valence-corrected chi connectivity index (χ3v) is 7.22. The molecule has 216 valence electrons. The molecule has 1 amide bonds. The minimum atomic E-state index is -0.338. The highest BCUT2D eigenvalue weighted by Gasteiger charge is 2.24. The summed E-state index contributed by atoms with van der Waals surface area (Å²) in [5.74, 6) is 7.13. The topological polar surface area (TPSA) is 164 Å². The van der Waals surface area contributed by atoms with Crippen molar-refractivity contribution in [2.75, 3.05) is 41.7 Å². The fourth-order valence-corrected chi connectivity index (χ4v) is 4.96. The first kappa shape index (κ1) is 27.4. The molecule has 5 heterocycles. The third kappa shape index (κ3) is 5.98. The summed E-state index contributed by atoms with van der Waals surface area (Å²) in [5, 5.41) is 25.6. The molecule has 4 N–H and O–H groups in total. The first-order chi connectivity index (χ1) is 21.0. The standard InChI is InChI=1S/C30H29N11O2/c1-20-10-15-39(24-18-22(36-37-29(24)31)21-6-2-3-7-25(21)42)16-17-40(20)27-9-13-32-26(35-27)8-4-11-34-30(43)23-19-28-33-12-5-14-41(28)38-23/h2-3,5-7,9,12-14,18-20,42H,10-11,15-17H2,1H3,(H2,31,37)(H,34,43)/t20-/m0/s1. The fourth-order valence-electron chi connectivity index (χ4n) is 4.96. The van der Waals surface area contributed by atoms with Crippen molar-refractivity contribution >= 4 is 28.9 Å². The molecular formula is C30H29N11O2. The van der Waals surface area contributed by atoms with Gasteiger partial charge in [0.2, 0.25) is 5.82 Å². The van der Waals surface area contributed by atoms with Gasteiger partial charge in [0.15, 0.2) is 17.2 Å². The van der Waals surface area contributed by atoms with Gasteiger partial charge in [-0.25, -0.2) is 19.5 Å². The number of carbonyl (C=O) groups excluding carboxylic acids is 1. The van der Waals surface area contributed by atoms with E-state index < -0.39 is 0 Å². The number of phenols is 1. The Morgan fingerprint density at radius 2 is 1.98 bits per heavy atom. The van der Waals surface area contributed by atoms with Gasteiger partial charge in [-0.15, -0.1) is 10.2 Å². The highest BCUT2D eigenvalue weighted by molar-refractivity contribution is 5.93. The molecular weight excluding hydrogens is 546 g/mol. The molecule has 1 aliphatic heterocycles. The number of hydrogen-bond acceptors (Lipinski definition) is 11. The predicted molar refractivity (Wildman–Crippen MR) is 161 cm³/mol. The zero-order chi connectivity index (χ0) is 29.8. The number of phenolic OH excluding ortho intramolecular Hbond substituents is 1. The number of nitrogens with two attached hydrogens (primary N) is 1. The zero-order valence-electron chi connectivity index (χ0n) is 23.4. The van der Waals surface area contributed by atoms with Gasteiger partial charge in [0.1, 0.15) is 11.6 Å². The zero-order valence-corrected chi connectivity index (χ0v) is 23.4. The molecule has 0 saturated carbocycles. The Balaban J connectivity index is 1.11. The van der Waals surface area contributed by atoms with Gasteiger partial charge >= 0.3 is 0 Å². The van der Waals surface area contributed by atoms with Crippen LogP contribution in [0.3, 0.4) is 0 Å². The Hall–Kier alpha value is -5.77. The number of nitrogens with zero attached hydrogens (tertiary/aromatic N) is 9. The van der Waals surface area contributed by atoms with E-state index in [9.17, 15) is 9.90 Å². The number of fused-ring (bicyclic) bond motifs is 1. The van der Waals surface area contributed by atoms with Crippen LogP contribution in [0.4, 0.5) is 17.3 Å². The lowest BCUT2D eigenvalue weighted by Gasteiger charge is -2.28. The van der Waals surface area contributed by atoms with Gasteiger partial charge in [-0.1, -0.05) is 18.1 Å². The summed E-state index contributed by atoms with van der Waals surface area (Å²) in [6, 6.07) is 14.3. The number of amides is 1. The van der Waals surface area contributed by atoms with E-state index in [-0.39, 0.29) is 29.9 Å². The molecule has 1 aliphatic rings. The molecule has 0 unspecified atom stereocenters. The number of nitrogens with one attached hydrogen (secondary N) is 1. The van der Waals surface area contributed by atoms with Crippen molar-refractivity contribution in [3.8, 4) is 28.8 Å². The number of rotatable bonds is 5. The average molecular weight is 576 g/mol. The summed E-state index contributed by atoms with van der Waals surface area (Å²) in [7, 11) is 0. The van der Waals surface area contributed by atoms with Crippen LogP contribution in [-0.2, 0) is 0 Å². The summed E-state index contributed by atoms with van der Waals surface area (Å²) in [5.41, 5.74) is 9.04. The van der Waals surface area contributed by atoms with E-state index in [4.69, 9.17) is 5.73 Å². The first-order valence-corrected chi connectivity index (χ1v) is 13.8. The van der Waals surface area contributed by atoms with Crippen molar-refractivity contribution in [2.24, 2.45) is 0 Å². The second kappa shape index (κ2) is 12.0. The van der Waals surface area contributed by atoms with Crippen LogP contribution in [0.15, 0.2) is 67.1 Å². The van der Waals surface area contributed by atoms with E-state index in [2.05, 4.69) is 64.1 Å². The van der Waals surface area contributed by atoms with Gasteiger partial charge in [-0.05, 0) is 49.6 Å². The molecule has 6 rings (SSSR count). The van der Waals surface area contributed by atoms with Gasteiger partial charge in [0.25, 0.3) is 5.91 Å². The summed E-state index contributed by atoms with van der Waals surface area (Å²) in [6.45, 7) is 4.39. The lowest BCUT2D eigenvalue weighted by Crippen LogP contribution is -2.35. The maximum absolute atomic E-state index is 12.5. The third-order valence-electron chi connectivity index (χ3n) is 7.22. The normalized spacial score (nSPS) is 15.0. The summed E-state index contributed by atoms with van der Waals surface area (Å²) >= 11 is 0. The Kier molecular flexibility index (Phi) is 7.64. The molecule has 13 nitrogen and oxygen atoms in total. The number of benzene rings is 1. The number of nitrogen functional groups attached to an aromatic ring is 1. The number of aromatic hydroxyl groups is 1. The molecule has 4 aromatic heterocycles. The summed E-state index contributed by atoms with van der Waals surface area (Å²) in [4.78, 5) is 30.0. The lowest BCUT2D eigenvalue weighted by atomic mass is 10.1. The van der Waals surface area contributed by atoms with Gasteiger partial charge in [0, 0.05) is 55.9 Å². The monoisotopic (exact) mass is 575 g/mol. The van der Waals surface area contributed by atoms with Gasteiger partial charge in [-0.3, -0.25) is 4.79 Å².